The third-order valence-corrected chi connectivity index (χ3v) is 4.62. The molecule has 2 aromatic rings. The molecule has 0 aliphatic carbocycles. The topological polar surface area (TPSA) is 38.0 Å². The zero-order valence-electron chi connectivity index (χ0n) is 9.21. The summed E-state index contributed by atoms with van der Waals surface area (Å²) in [6, 6.07) is 7.99. The number of rotatable bonds is 3. The summed E-state index contributed by atoms with van der Waals surface area (Å²) in [6.45, 7) is 2.09. The molecule has 17 heavy (non-hydrogen) atoms. The first-order chi connectivity index (χ1) is 8.11. The van der Waals surface area contributed by atoms with Gasteiger partial charge >= 0.3 is 0 Å². The second-order valence-corrected chi connectivity index (χ2v) is 6.47. The Morgan fingerprint density at radius 2 is 2.18 bits per heavy atom. The fraction of sp³-hybridized carbons (Fsp3) is 0.167. The van der Waals surface area contributed by atoms with Crippen LogP contribution in [-0.2, 0) is 0 Å². The number of benzene rings is 1. The highest BCUT2D eigenvalue weighted by Crippen LogP contribution is 2.30. The van der Waals surface area contributed by atoms with E-state index in [0.29, 0.717) is 0 Å². The number of nitrogens with one attached hydrogen (secondary N) is 1. The zero-order valence-corrected chi connectivity index (χ0v) is 12.9. The smallest absolute Gasteiger partial charge is 0.0728 e. The van der Waals surface area contributed by atoms with Gasteiger partial charge in [0.25, 0.3) is 0 Å². The Kier molecular flexibility index (Phi) is 4.43. The quantitative estimate of drug-likeness (QED) is 0.483. The van der Waals surface area contributed by atoms with E-state index >= 15 is 0 Å². The van der Waals surface area contributed by atoms with Gasteiger partial charge in [-0.2, -0.15) is 0 Å². The van der Waals surface area contributed by atoms with E-state index in [4.69, 9.17) is 17.4 Å². The van der Waals surface area contributed by atoms with Gasteiger partial charge in [-0.25, -0.2) is 5.43 Å². The minimum absolute atomic E-state index is 0.00875. The van der Waals surface area contributed by atoms with Crippen molar-refractivity contribution in [1.82, 2.24) is 5.43 Å². The van der Waals surface area contributed by atoms with Crippen LogP contribution < -0.4 is 11.3 Å². The second-order valence-electron chi connectivity index (χ2n) is 3.76. The molecule has 1 heterocycles. The van der Waals surface area contributed by atoms with Gasteiger partial charge in [0.15, 0.2) is 0 Å². The average molecular weight is 379 g/mol. The van der Waals surface area contributed by atoms with Crippen LogP contribution in [0, 0.1) is 10.5 Å². The highest BCUT2D eigenvalue weighted by molar-refractivity contribution is 14.1. The predicted octanol–water partition coefficient (Wildman–Crippen LogP) is 3.87. The van der Waals surface area contributed by atoms with Gasteiger partial charge in [0, 0.05) is 13.5 Å². The molecule has 5 heteroatoms. The number of hydrogen-bond acceptors (Lipinski definition) is 3. The molecule has 0 fully saturated rings. The molecule has 1 atom stereocenters. The van der Waals surface area contributed by atoms with Crippen molar-refractivity contribution in [3.8, 4) is 0 Å². The summed E-state index contributed by atoms with van der Waals surface area (Å²) in [5.74, 6) is 5.67. The van der Waals surface area contributed by atoms with Crippen molar-refractivity contribution in [2.45, 2.75) is 13.0 Å². The number of halogens is 2. The van der Waals surface area contributed by atoms with Crippen LogP contribution in [0.2, 0.25) is 5.02 Å². The van der Waals surface area contributed by atoms with Gasteiger partial charge in [0.2, 0.25) is 0 Å². The number of thiophene rings is 1. The van der Waals surface area contributed by atoms with Gasteiger partial charge in [-0.05, 0) is 70.3 Å². The lowest BCUT2D eigenvalue weighted by Gasteiger charge is -2.17. The van der Waals surface area contributed by atoms with Crippen molar-refractivity contribution in [1.29, 1.82) is 0 Å². The van der Waals surface area contributed by atoms with Crippen LogP contribution in [0.25, 0.3) is 0 Å². The summed E-state index contributed by atoms with van der Waals surface area (Å²) in [5.41, 5.74) is 5.14. The summed E-state index contributed by atoms with van der Waals surface area (Å²) in [5, 5.41) is 2.85. The van der Waals surface area contributed by atoms with E-state index in [1.54, 1.807) is 11.3 Å². The van der Waals surface area contributed by atoms with Gasteiger partial charge < -0.3 is 0 Å². The molecular weight excluding hydrogens is 367 g/mol. The van der Waals surface area contributed by atoms with E-state index in [1.807, 2.05) is 18.2 Å². The Morgan fingerprint density at radius 3 is 2.76 bits per heavy atom. The molecular formula is C12H12ClIN2S. The fourth-order valence-corrected chi connectivity index (χ4v) is 3.27. The van der Waals surface area contributed by atoms with Crippen LogP contribution >= 0.6 is 45.5 Å². The van der Waals surface area contributed by atoms with E-state index in [1.165, 1.54) is 10.4 Å². The molecule has 1 unspecified atom stereocenters. The Hall–Kier alpha value is -0.140. The summed E-state index contributed by atoms with van der Waals surface area (Å²) < 4.78 is 1.15. The maximum absolute atomic E-state index is 6.04. The van der Waals surface area contributed by atoms with Gasteiger partial charge in [-0.3, -0.25) is 5.84 Å². The highest BCUT2D eigenvalue weighted by Gasteiger charge is 2.16. The zero-order chi connectivity index (χ0) is 12.4. The standard InChI is InChI=1S/C12H12ClIN2S/c1-7-4-8(6-17-7)12(16-15)10-5-9(13)2-3-11(10)14/h2-6,12,16H,15H2,1H3. The van der Waals surface area contributed by atoms with Crippen molar-refractivity contribution >= 4 is 45.5 Å². The summed E-state index contributed by atoms with van der Waals surface area (Å²) in [6.07, 6.45) is 0. The van der Waals surface area contributed by atoms with E-state index in [0.717, 1.165) is 14.2 Å². The molecule has 1 aromatic heterocycles. The van der Waals surface area contributed by atoms with Crippen LogP contribution in [0.5, 0.6) is 0 Å². The second kappa shape index (κ2) is 5.67. The van der Waals surface area contributed by atoms with Gasteiger partial charge in [-0.15, -0.1) is 11.3 Å². The number of aryl methyl sites for hydroxylation is 1. The normalized spacial score (nSPS) is 12.7. The van der Waals surface area contributed by atoms with Crippen LogP contribution in [-0.4, -0.2) is 0 Å². The first-order valence-electron chi connectivity index (χ1n) is 5.08. The van der Waals surface area contributed by atoms with E-state index < -0.39 is 0 Å². The van der Waals surface area contributed by atoms with Crippen molar-refractivity contribution < 1.29 is 0 Å². The van der Waals surface area contributed by atoms with Gasteiger partial charge in [0.05, 0.1) is 6.04 Å². The molecule has 0 aliphatic heterocycles. The Balaban J connectivity index is 2.45. The molecule has 0 radical (unpaired) electrons. The largest absolute Gasteiger partial charge is 0.271 e. The lowest BCUT2D eigenvalue weighted by Crippen LogP contribution is -2.29. The molecule has 2 rings (SSSR count). The summed E-state index contributed by atoms with van der Waals surface area (Å²) in [4.78, 5) is 1.28. The number of nitrogens with two attached hydrogens (primary N) is 1. The fourth-order valence-electron chi connectivity index (χ4n) is 1.72. The molecule has 0 saturated carbocycles. The monoisotopic (exact) mass is 378 g/mol. The molecule has 0 bridgehead atoms. The Morgan fingerprint density at radius 1 is 1.41 bits per heavy atom. The van der Waals surface area contributed by atoms with Crippen LogP contribution in [0.1, 0.15) is 22.0 Å². The number of hydrogen-bond donors (Lipinski definition) is 2. The SMILES string of the molecule is Cc1cc(C(NN)c2cc(Cl)ccc2I)cs1. The van der Waals surface area contributed by atoms with E-state index in [9.17, 15) is 0 Å². The van der Waals surface area contributed by atoms with Crippen molar-refractivity contribution in [2.24, 2.45) is 5.84 Å². The maximum Gasteiger partial charge on any atom is 0.0728 e. The van der Waals surface area contributed by atoms with Crippen molar-refractivity contribution in [2.75, 3.05) is 0 Å². The third-order valence-electron chi connectivity index (χ3n) is 2.52. The predicted molar refractivity (Wildman–Crippen MR) is 82.4 cm³/mol. The first-order valence-corrected chi connectivity index (χ1v) is 7.41. The molecule has 0 amide bonds. The molecule has 90 valence electrons. The maximum atomic E-state index is 6.04. The van der Waals surface area contributed by atoms with Crippen molar-refractivity contribution in [3.05, 3.63) is 54.2 Å². The minimum Gasteiger partial charge on any atom is -0.271 e. The lowest BCUT2D eigenvalue weighted by atomic mass is 10.0. The van der Waals surface area contributed by atoms with Crippen LogP contribution in [0.4, 0.5) is 0 Å². The van der Waals surface area contributed by atoms with Crippen LogP contribution in [0.3, 0.4) is 0 Å². The lowest BCUT2D eigenvalue weighted by molar-refractivity contribution is 0.636. The number of hydrazine groups is 1. The highest BCUT2D eigenvalue weighted by atomic mass is 127. The first kappa shape index (κ1) is 13.3. The van der Waals surface area contributed by atoms with Crippen LogP contribution in [0.15, 0.2) is 29.6 Å². The molecule has 0 aliphatic rings. The average Bonchev–Trinajstić information content (AvgIpc) is 2.71. The summed E-state index contributed by atoms with van der Waals surface area (Å²) >= 11 is 10.1. The molecule has 0 saturated heterocycles. The molecule has 0 spiro atoms. The minimum atomic E-state index is -0.00875. The molecule has 3 N–H and O–H groups in total. The van der Waals surface area contributed by atoms with E-state index in [-0.39, 0.29) is 6.04 Å². The third kappa shape index (κ3) is 3.00. The molecule has 2 nitrogen and oxygen atoms in total. The van der Waals surface area contributed by atoms with E-state index in [2.05, 4.69) is 46.4 Å². The van der Waals surface area contributed by atoms with Gasteiger partial charge in [0.1, 0.15) is 0 Å². The Bertz CT molecular complexity index is 527. The Labute approximate surface area is 123 Å². The molecule has 1 aromatic carbocycles. The van der Waals surface area contributed by atoms with Gasteiger partial charge in [-0.1, -0.05) is 11.6 Å². The van der Waals surface area contributed by atoms with Crippen molar-refractivity contribution in [3.63, 3.8) is 0 Å². The summed E-state index contributed by atoms with van der Waals surface area (Å²) in [7, 11) is 0.